The van der Waals surface area contributed by atoms with Crippen LogP contribution < -0.4 is 0 Å². The average molecular weight is 202 g/mol. The second kappa shape index (κ2) is 4.33. The highest BCUT2D eigenvalue weighted by Crippen LogP contribution is 2.12. The average Bonchev–Trinajstić information content (AvgIpc) is 2.09. The predicted octanol–water partition coefficient (Wildman–Crippen LogP) is 2.40. The highest BCUT2D eigenvalue weighted by atomic mass is 35.5. The van der Waals surface area contributed by atoms with Crippen molar-refractivity contribution < 1.29 is 9.18 Å². The summed E-state index contributed by atoms with van der Waals surface area (Å²) in [5.41, 5.74) is 0.163. The summed E-state index contributed by atoms with van der Waals surface area (Å²) in [7, 11) is 0. The molecule has 2 nitrogen and oxygen atoms in total. The molecule has 0 fully saturated rings. The molecule has 4 heteroatoms. The molecular formula is C9H9ClFNO. The van der Waals surface area contributed by atoms with Crippen molar-refractivity contribution in [2.24, 2.45) is 0 Å². The number of Topliss-reactive ketones (excluding diaryl/α,β-unsaturated/α-hetero) is 1. The third-order valence-electron chi connectivity index (χ3n) is 1.64. The van der Waals surface area contributed by atoms with Crippen LogP contribution in [0.3, 0.4) is 0 Å². The largest absolute Gasteiger partial charge is 0.299 e. The number of pyridine rings is 1. The maximum absolute atomic E-state index is 13.0. The minimum absolute atomic E-state index is 0.0336. The molecule has 0 aliphatic carbocycles. The number of rotatable bonds is 3. The van der Waals surface area contributed by atoms with Crippen molar-refractivity contribution in [3.8, 4) is 0 Å². The van der Waals surface area contributed by atoms with Crippen LogP contribution in [0.1, 0.15) is 19.0 Å². The van der Waals surface area contributed by atoms with E-state index >= 15 is 0 Å². The number of hydrogen-bond donors (Lipinski definition) is 0. The van der Waals surface area contributed by atoms with E-state index in [0.29, 0.717) is 6.42 Å². The molecule has 0 bridgehead atoms. The molecule has 0 saturated carbocycles. The van der Waals surface area contributed by atoms with Crippen LogP contribution in [-0.2, 0) is 11.2 Å². The van der Waals surface area contributed by atoms with Crippen molar-refractivity contribution in [1.29, 1.82) is 0 Å². The Hall–Kier alpha value is -0.960. The minimum atomic E-state index is -0.519. The number of ketones is 1. The van der Waals surface area contributed by atoms with E-state index in [9.17, 15) is 9.18 Å². The second-order valence-electron chi connectivity index (χ2n) is 2.65. The fourth-order valence-corrected chi connectivity index (χ4v) is 1.03. The molecule has 1 heterocycles. The number of halogens is 2. The van der Waals surface area contributed by atoms with E-state index in [-0.39, 0.29) is 22.9 Å². The lowest BCUT2D eigenvalue weighted by atomic mass is 10.1. The number of hydrogen-bond acceptors (Lipinski definition) is 2. The van der Waals surface area contributed by atoms with Crippen LogP contribution in [0.2, 0.25) is 5.02 Å². The Balaban J connectivity index is 2.83. The summed E-state index contributed by atoms with van der Waals surface area (Å²) in [6.07, 6.45) is 1.77. The SMILES string of the molecule is CCC(=O)Cc1ncc(Cl)cc1F. The summed E-state index contributed by atoms with van der Waals surface area (Å²) in [4.78, 5) is 14.7. The molecule has 0 amide bonds. The molecule has 0 unspecified atom stereocenters. The number of nitrogens with zero attached hydrogens (tertiary/aromatic N) is 1. The van der Waals surface area contributed by atoms with E-state index < -0.39 is 5.82 Å². The molecule has 0 radical (unpaired) electrons. The number of carbonyl (C=O) groups excluding carboxylic acids is 1. The van der Waals surface area contributed by atoms with Gasteiger partial charge in [-0.3, -0.25) is 9.78 Å². The molecule has 13 heavy (non-hydrogen) atoms. The maximum Gasteiger partial charge on any atom is 0.146 e. The fourth-order valence-electron chi connectivity index (χ4n) is 0.885. The van der Waals surface area contributed by atoms with Crippen LogP contribution in [-0.4, -0.2) is 10.8 Å². The molecule has 1 aromatic heterocycles. The fraction of sp³-hybridized carbons (Fsp3) is 0.333. The van der Waals surface area contributed by atoms with Gasteiger partial charge >= 0.3 is 0 Å². The standard InChI is InChI=1S/C9H9ClFNO/c1-2-7(13)4-9-8(11)3-6(10)5-12-9/h3,5H,2,4H2,1H3. The summed E-state index contributed by atoms with van der Waals surface area (Å²) in [5, 5.41) is 0.241. The zero-order chi connectivity index (χ0) is 9.84. The highest BCUT2D eigenvalue weighted by Gasteiger charge is 2.08. The van der Waals surface area contributed by atoms with Gasteiger partial charge in [-0.25, -0.2) is 4.39 Å². The van der Waals surface area contributed by atoms with Crippen LogP contribution >= 0.6 is 11.6 Å². The molecule has 0 aliphatic rings. The van der Waals surface area contributed by atoms with Gasteiger partial charge in [0, 0.05) is 12.6 Å². The van der Waals surface area contributed by atoms with Crippen molar-refractivity contribution in [3.05, 3.63) is 28.8 Å². The van der Waals surface area contributed by atoms with Crippen LogP contribution in [0.5, 0.6) is 0 Å². The first-order valence-corrected chi connectivity index (χ1v) is 4.33. The topological polar surface area (TPSA) is 30.0 Å². The Morgan fingerprint density at radius 2 is 2.38 bits per heavy atom. The van der Waals surface area contributed by atoms with E-state index in [0.717, 1.165) is 6.07 Å². The molecular weight excluding hydrogens is 193 g/mol. The number of carbonyl (C=O) groups is 1. The lowest BCUT2D eigenvalue weighted by Gasteiger charge is -1.99. The first kappa shape index (κ1) is 10.1. The molecule has 70 valence electrons. The lowest BCUT2D eigenvalue weighted by molar-refractivity contribution is -0.118. The van der Waals surface area contributed by atoms with Gasteiger partial charge in [0.25, 0.3) is 0 Å². The van der Waals surface area contributed by atoms with E-state index in [2.05, 4.69) is 4.98 Å². The molecule has 0 aromatic carbocycles. The van der Waals surface area contributed by atoms with Crippen molar-refractivity contribution in [1.82, 2.24) is 4.98 Å². The molecule has 0 atom stereocenters. The normalized spacial score (nSPS) is 10.1. The molecule has 0 aliphatic heterocycles. The van der Waals surface area contributed by atoms with E-state index in [1.165, 1.54) is 6.20 Å². The third kappa shape index (κ3) is 2.77. The van der Waals surface area contributed by atoms with Crippen LogP contribution in [0.4, 0.5) is 4.39 Å². The quantitative estimate of drug-likeness (QED) is 0.752. The van der Waals surface area contributed by atoms with Gasteiger partial charge in [0.15, 0.2) is 0 Å². The number of aromatic nitrogens is 1. The van der Waals surface area contributed by atoms with Crippen molar-refractivity contribution in [3.63, 3.8) is 0 Å². The Kier molecular flexibility index (Phi) is 3.37. The van der Waals surface area contributed by atoms with Crippen molar-refractivity contribution >= 4 is 17.4 Å². The minimum Gasteiger partial charge on any atom is -0.299 e. The smallest absolute Gasteiger partial charge is 0.146 e. The first-order valence-electron chi connectivity index (χ1n) is 3.95. The Bertz CT molecular complexity index is 327. The zero-order valence-electron chi connectivity index (χ0n) is 7.18. The highest BCUT2D eigenvalue weighted by molar-refractivity contribution is 6.30. The van der Waals surface area contributed by atoms with Gasteiger partial charge in [0.1, 0.15) is 11.6 Å². The third-order valence-corrected chi connectivity index (χ3v) is 1.85. The summed E-state index contributed by atoms with van der Waals surface area (Å²) < 4.78 is 13.0. The predicted molar refractivity (Wildman–Crippen MR) is 48.2 cm³/mol. The summed E-state index contributed by atoms with van der Waals surface area (Å²) in [6.45, 7) is 1.73. The van der Waals surface area contributed by atoms with Gasteiger partial charge in [0.2, 0.25) is 0 Å². The molecule has 0 spiro atoms. The molecule has 0 N–H and O–H groups in total. The van der Waals surface area contributed by atoms with Gasteiger partial charge in [-0.15, -0.1) is 0 Å². The van der Waals surface area contributed by atoms with Gasteiger partial charge in [-0.1, -0.05) is 18.5 Å². The summed E-state index contributed by atoms with van der Waals surface area (Å²) in [6, 6.07) is 1.16. The molecule has 1 aromatic rings. The van der Waals surface area contributed by atoms with Crippen LogP contribution in [0, 0.1) is 5.82 Å². The van der Waals surface area contributed by atoms with Crippen LogP contribution in [0.15, 0.2) is 12.3 Å². The second-order valence-corrected chi connectivity index (χ2v) is 3.09. The monoisotopic (exact) mass is 201 g/mol. The van der Waals surface area contributed by atoms with E-state index in [1.54, 1.807) is 6.92 Å². The molecule has 0 saturated heterocycles. The van der Waals surface area contributed by atoms with E-state index in [1.807, 2.05) is 0 Å². The summed E-state index contributed by atoms with van der Waals surface area (Å²) in [5.74, 6) is -0.553. The van der Waals surface area contributed by atoms with Gasteiger partial charge in [-0.05, 0) is 6.07 Å². The first-order chi connectivity index (χ1) is 6.13. The zero-order valence-corrected chi connectivity index (χ0v) is 7.94. The van der Waals surface area contributed by atoms with Crippen molar-refractivity contribution in [2.45, 2.75) is 19.8 Å². The van der Waals surface area contributed by atoms with Gasteiger partial charge in [-0.2, -0.15) is 0 Å². The lowest BCUT2D eigenvalue weighted by Crippen LogP contribution is -2.04. The van der Waals surface area contributed by atoms with Crippen molar-refractivity contribution in [2.75, 3.05) is 0 Å². The Morgan fingerprint density at radius 1 is 1.69 bits per heavy atom. The Morgan fingerprint density at radius 3 is 2.92 bits per heavy atom. The van der Waals surface area contributed by atoms with Gasteiger partial charge in [0.05, 0.1) is 17.1 Å². The maximum atomic E-state index is 13.0. The van der Waals surface area contributed by atoms with E-state index in [4.69, 9.17) is 11.6 Å². The van der Waals surface area contributed by atoms with Crippen LogP contribution in [0.25, 0.3) is 0 Å². The Labute approximate surface area is 80.7 Å². The molecule has 1 rings (SSSR count). The summed E-state index contributed by atoms with van der Waals surface area (Å²) >= 11 is 5.50. The van der Waals surface area contributed by atoms with Gasteiger partial charge < -0.3 is 0 Å².